The molecule has 4 aromatic rings. The van der Waals surface area contributed by atoms with Crippen LogP contribution in [0.2, 0.25) is 0 Å². The number of rotatable bonds is 14. The lowest BCUT2D eigenvalue weighted by Crippen LogP contribution is -2.35. The molecule has 5 N–H and O–H groups in total. The van der Waals surface area contributed by atoms with Crippen molar-refractivity contribution in [2.45, 2.75) is 57.3 Å². The van der Waals surface area contributed by atoms with E-state index >= 15 is 0 Å². The predicted molar refractivity (Wildman–Crippen MR) is 261 cm³/mol. The number of methoxy groups -OCH3 is 2. The number of para-hydroxylation sites is 2. The number of carbonyl (C=O) groups is 4. The highest BCUT2D eigenvalue weighted by Crippen LogP contribution is 2.34. The average Bonchev–Trinajstić information content (AvgIpc) is 3.33. The number of esters is 3. The maximum atomic E-state index is 12.7. The number of amides is 1. The van der Waals surface area contributed by atoms with E-state index in [1.54, 1.807) is 73.7 Å². The van der Waals surface area contributed by atoms with Gasteiger partial charge in [-0.3, -0.25) is 13.4 Å². The molecule has 4 aromatic carbocycles. The van der Waals surface area contributed by atoms with Crippen molar-refractivity contribution >= 4 is 66.6 Å². The van der Waals surface area contributed by atoms with Crippen molar-refractivity contribution in [2.24, 2.45) is 11.8 Å². The molecular formula is C48H60N6O13S2. The Morgan fingerprint density at radius 3 is 1.55 bits per heavy atom. The summed E-state index contributed by atoms with van der Waals surface area (Å²) < 4.78 is 77.6. The molecule has 0 saturated heterocycles. The molecule has 2 aliphatic heterocycles. The van der Waals surface area contributed by atoms with Crippen molar-refractivity contribution < 1.29 is 59.7 Å². The molecule has 2 heterocycles. The third-order valence-electron chi connectivity index (χ3n) is 10.6. The van der Waals surface area contributed by atoms with Gasteiger partial charge in [0.1, 0.15) is 32.9 Å². The Hall–Kier alpha value is -7.26. The van der Waals surface area contributed by atoms with Crippen molar-refractivity contribution in [3.05, 3.63) is 120 Å². The lowest BCUT2D eigenvalue weighted by Gasteiger charge is -2.30. The first-order chi connectivity index (χ1) is 32.7. The average molecular weight is 993 g/mol. The minimum absolute atomic E-state index is 0.0780. The van der Waals surface area contributed by atoms with Gasteiger partial charge in [-0.25, -0.2) is 31.2 Å². The van der Waals surface area contributed by atoms with Gasteiger partial charge in [-0.2, -0.15) is 0 Å². The van der Waals surface area contributed by atoms with E-state index < -0.39 is 37.9 Å². The summed E-state index contributed by atoms with van der Waals surface area (Å²) >= 11 is 0. The monoisotopic (exact) mass is 992 g/mol. The number of nitrogens with zero attached hydrogens (tertiary/aromatic N) is 2. The normalized spacial score (nSPS) is 15.9. The molecular weight excluding hydrogens is 933 g/mol. The van der Waals surface area contributed by atoms with E-state index in [-0.39, 0.29) is 51.2 Å². The summed E-state index contributed by atoms with van der Waals surface area (Å²) in [6.07, 6.45) is 4.12. The number of nitrogen functional groups attached to an aromatic ring is 1. The van der Waals surface area contributed by atoms with E-state index in [2.05, 4.69) is 22.9 Å². The van der Waals surface area contributed by atoms with Crippen LogP contribution in [0, 0.1) is 11.8 Å². The van der Waals surface area contributed by atoms with Crippen LogP contribution in [0.15, 0.2) is 119 Å². The molecule has 0 saturated carbocycles. The van der Waals surface area contributed by atoms with E-state index in [0.29, 0.717) is 53.3 Å². The Balaban J connectivity index is 0.000000245. The number of sulfonamides is 2. The van der Waals surface area contributed by atoms with Gasteiger partial charge in [0.05, 0.1) is 74.0 Å². The number of nitrogens with two attached hydrogens (primary N) is 1. The maximum absolute atomic E-state index is 12.7. The summed E-state index contributed by atoms with van der Waals surface area (Å²) in [5.74, 6) is -0.316. The third-order valence-corrected chi connectivity index (χ3v) is 14.3. The Morgan fingerprint density at radius 1 is 0.652 bits per heavy atom. The second kappa shape index (κ2) is 24.7. The minimum atomic E-state index is -3.80. The first-order valence-corrected chi connectivity index (χ1v) is 24.7. The smallest absolute Gasteiger partial charge is 0.338 e. The number of hydrogen-bond acceptors (Lipinski definition) is 16. The summed E-state index contributed by atoms with van der Waals surface area (Å²) in [7, 11) is -1.73. The lowest BCUT2D eigenvalue weighted by atomic mass is 10.1. The topological polar surface area (TPSA) is 251 Å². The van der Waals surface area contributed by atoms with Gasteiger partial charge in [-0.15, -0.1) is 0 Å². The van der Waals surface area contributed by atoms with E-state index in [4.69, 9.17) is 29.4 Å². The molecule has 1 amide bonds. The SMILES string of the molecule is CCC(C)COC(=O)c1ccc(OC)c(N)c1.CCC(C)COC(=O)c1ccc(OC)c(NC(=O)/C=C2/Nc3ccccc3S(=O)(=O)N2C)c1.CCOC(=O)/C=C1/Nc2ccccc2S(=O)(=O)N1C. The second-order valence-corrected chi connectivity index (χ2v) is 19.5. The van der Waals surface area contributed by atoms with Crippen molar-refractivity contribution in [1.82, 2.24) is 8.61 Å². The molecule has 372 valence electrons. The van der Waals surface area contributed by atoms with Gasteiger partial charge < -0.3 is 45.4 Å². The highest BCUT2D eigenvalue weighted by atomic mass is 32.2. The highest BCUT2D eigenvalue weighted by Gasteiger charge is 2.33. The zero-order valence-corrected chi connectivity index (χ0v) is 41.7. The van der Waals surface area contributed by atoms with Crippen LogP contribution in [0.5, 0.6) is 11.5 Å². The number of carbonyl (C=O) groups excluding carboxylic acids is 4. The Bertz CT molecular complexity index is 2780. The standard InChI is InChI=1S/C23H27N3O6S.C13H19NO3.C12H14N2O4S/c1-5-15(2)14-32-23(28)16-10-11-19(31-4)18(12-16)25-22(27)13-21-24-17-8-6-7-9-20(17)33(29,30)26(21)3;1-4-9(2)8-17-13(15)10-5-6-12(16-3)11(14)7-10;1-3-18-12(15)8-11-13-9-6-4-5-7-10(9)19(16,17)14(11)2/h6-13,15,24H,5,14H2,1-4H3,(H,25,27);5-7,9H,4,8,14H2,1-3H3;4-8,13H,3H2,1-2H3/b21-13-;;11-8-. The first-order valence-electron chi connectivity index (χ1n) is 21.8. The number of hydrogen-bond donors (Lipinski definition) is 4. The molecule has 6 rings (SSSR count). The van der Waals surface area contributed by atoms with E-state index in [9.17, 15) is 36.0 Å². The molecule has 0 radical (unpaired) electrons. The van der Waals surface area contributed by atoms with Gasteiger partial charge in [0.2, 0.25) is 0 Å². The predicted octanol–water partition coefficient (Wildman–Crippen LogP) is 7.04. The van der Waals surface area contributed by atoms with E-state index in [0.717, 1.165) is 33.6 Å². The molecule has 0 spiro atoms. The quantitative estimate of drug-likeness (QED) is 0.0428. The lowest BCUT2D eigenvalue weighted by molar-refractivity contribution is -0.137. The van der Waals surface area contributed by atoms with E-state index in [1.807, 2.05) is 20.8 Å². The van der Waals surface area contributed by atoms with E-state index in [1.165, 1.54) is 46.5 Å². The number of fused-ring (bicyclic) bond motifs is 2. The number of nitrogens with one attached hydrogen (secondary N) is 3. The fourth-order valence-corrected chi connectivity index (χ4v) is 8.65. The van der Waals surface area contributed by atoms with Crippen molar-refractivity contribution in [1.29, 1.82) is 0 Å². The van der Waals surface area contributed by atoms with Crippen LogP contribution in [0.1, 0.15) is 68.2 Å². The Kier molecular flexibility index (Phi) is 19.4. The van der Waals surface area contributed by atoms with Crippen LogP contribution in [0.4, 0.5) is 22.7 Å². The molecule has 0 fully saturated rings. The zero-order valence-electron chi connectivity index (χ0n) is 40.0. The van der Waals surface area contributed by atoms with Gasteiger partial charge in [0.25, 0.3) is 26.0 Å². The van der Waals surface area contributed by atoms with Gasteiger partial charge >= 0.3 is 17.9 Å². The molecule has 0 aliphatic carbocycles. The second-order valence-electron chi connectivity index (χ2n) is 15.6. The van der Waals surface area contributed by atoms with Crippen LogP contribution in [-0.4, -0.2) is 97.4 Å². The van der Waals surface area contributed by atoms with Crippen molar-refractivity contribution in [2.75, 3.05) is 69.8 Å². The Labute approximate surface area is 403 Å². The first kappa shape index (κ1) is 54.3. The van der Waals surface area contributed by atoms with Gasteiger partial charge in [-0.1, -0.05) is 64.8 Å². The summed E-state index contributed by atoms with van der Waals surface area (Å²) in [4.78, 5) is 48.5. The van der Waals surface area contributed by atoms with Gasteiger partial charge in [0.15, 0.2) is 0 Å². The van der Waals surface area contributed by atoms with Crippen LogP contribution in [0.25, 0.3) is 0 Å². The number of ether oxygens (including phenoxy) is 5. The summed E-state index contributed by atoms with van der Waals surface area (Å²) in [5, 5.41) is 8.49. The van der Waals surface area contributed by atoms with Crippen molar-refractivity contribution in [3.8, 4) is 11.5 Å². The Morgan fingerprint density at radius 2 is 1.10 bits per heavy atom. The molecule has 0 bridgehead atoms. The molecule has 69 heavy (non-hydrogen) atoms. The van der Waals surface area contributed by atoms with Crippen molar-refractivity contribution in [3.63, 3.8) is 0 Å². The maximum Gasteiger partial charge on any atom is 0.338 e. The number of benzene rings is 4. The molecule has 0 aromatic heterocycles. The zero-order chi connectivity index (χ0) is 51.1. The van der Waals surface area contributed by atoms with Gasteiger partial charge in [-0.05, 0) is 79.4 Å². The van der Waals surface area contributed by atoms with Crippen LogP contribution < -0.4 is 31.2 Å². The molecule has 2 atom stereocenters. The van der Waals surface area contributed by atoms with Gasteiger partial charge in [0, 0.05) is 20.2 Å². The highest BCUT2D eigenvalue weighted by molar-refractivity contribution is 7.89. The molecule has 21 heteroatoms. The fraction of sp³-hybridized carbons (Fsp3) is 0.333. The molecule has 2 aliphatic rings. The fourth-order valence-electron chi connectivity index (χ4n) is 6.05. The summed E-state index contributed by atoms with van der Waals surface area (Å²) in [6, 6.07) is 22.4. The summed E-state index contributed by atoms with van der Waals surface area (Å²) in [5.41, 5.74) is 7.92. The largest absolute Gasteiger partial charge is 0.495 e. The molecule has 2 unspecified atom stereocenters. The summed E-state index contributed by atoms with van der Waals surface area (Å²) in [6.45, 7) is 10.7. The van der Waals surface area contributed by atoms with Crippen LogP contribution >= 0.6 is 0 Å². The van der Waals surface area contributed by atoms with Crippen LogP contribution in [-0.2, 0) is 43.8 Å². The minimum Gasteiger partial charge on any atom is -0.495 e. The molecule has 19 nitrogen and oxygen atoms in total. The van der Waals surface area contributed by atoms with Crippen LogP contribution in [0.3, 0.4) is 0 Å². The number of anilines is 4. The third kappa shape index (κ3) is 14.1.